The van der Waals surface area contributed by atoms with Gasteiger partial charge >= 0.3 is 0 Å². The van der Waals surface area contributed by atoms with Gasteiger partial charge in [0, 0.05) is 11.8 Å². The van der Waals surface area contributed by atoms with Crippen LogP contribution < -0.4 is 4.18 Å². The van der Waals surface area contributed by atoms with Gasteiger partial charge < -0.3 is 4.18 Å². The van der Waals surface area contributed by atoms with E-state index >= 15 is 0 Å². The second-order valence-electron chi connectivity index (χ2n) is 4.00. The second kappa shape index (κ2) is 4.05. The normalized spacial score (nSPS) is 11.4. The Morgan fingerprint density at radius 3 is 2.31 bits per heavy atom. The Labute approximate surface area is 84.7 Å². The fourth-order valence-corrected chi connectivity index (χ4v) is 1.57. The van der Waals surface area contributed by atoms with E-state index in [2.05, 4.69) is 26.8 Å². The zero-order valence-corrected chi connectivity index (χ0v) is 9.44. The van der Waals surface area contributed by atoms with Gasteiger partial charge in [-0.05, 0) is 11.5 Å². The zero-order valence-electron chi connectivity index (χ0n) is 8.63. The standard InChI is InChI=1S/C11H16OS/c1-11(2,3)9-7-5-6-8-10(9)12-13-4/h5-8H,1-4H3. The molecule has 0 aliphatic carbocycles. The van der Waals surface area contributed by atoms with Crippen LogP contribution in [0.25, 0.3) is 0 Å². The molecular formula is C11H16OS. The maximum Gasteiger partial charge on any atom is 0.141 e. The van der Waals surface area contributed by atoms with Crippen molar-refractivity contribution in [2.24, 2.45) is 0 Å². The highest BCUT2D eigenvalue weighted by Gasteiger charge is 2.18. The van der Waals surface area contributed by atoms with E-state index in [0.717, 1.165) is 5.75 Å². The Kier molecular flexibility index (Phi) is 3.26. The highest BCUT2D eigenvalue weighted by molar-refractivity contribution is 7.94. The number of rotatable bonds is 2. The number of para-hydroxylation sites is 1. The van der Waals surface area contributed by atoms with E-state index in [1.54, 1.807) is 0 Å². The van der Waals surface area contributed by atoms with Gasteiger partial charge in [0.05, 0.1) is 12.0 Å². The summed E-state index contributed by atoms with van der Waals surface area (Å²) in [5.41, 5.74) is 1.40. The van der Waals surface area contributed by atoms with Crippen molar-refractivity contribution in [3.63, 3.8) is 0 Å². The minimum Gasteiger partial charge on any atom is -0.426 e. The van der Waals surface area contributed by atoms with Crippen molar-refractivity contribution < 1.29 is 4.18 Å². The maximum atomic E-state index is 5.48. The van der Waals surface area contributed by atoms with Crippen LogP contribution in [0.1, 0.15) is 26.3 Å². The fourth-order valence-electron chi connectivity index (χ4n) is 1.25. The number of hydrogen-bond donors (Lipinski definition) is 0. The smallest absolute Gasteiger partial charge is 0.141 e. The summed E-state index contributed by atoms with van der Waals surface area (Å²) < 4.78 is 5.48. The molecular weight excluding hydrogens is 180 g/mol. The third kappa shape index (κ3) is 2.66. The lowest BCUT2D eigenvalue weighted by molar-refractivity contribution is 0.547. The Balaban J connectivity index is 3.05. The van der Waals surface area contributed by atoms with E-state index in [0.29, 0.717) is 0 Å². The third-order valence-corrected chi connectivity index (χ3v) is 2.21. The van der Waals surface area contributed by atoms with Gasteiger partial charge in [-0.1, -0.05) is 39.0 Å². The molecule has 0 aliphatic heterocycles. The summed E-state index contributed by atoms with van der Waals surface area (Å²) >= 11 is 1.38. The van der Waals surface area contributed by atoms with Crippen molar-refractivity contribution in [3.05, 3.63) is 29.8 Å². The Morgan fingerprint density at radius 1 is 1.15 bits per heavy atom. The van der Waals surface area contributed by atoms with Gasteiger partial charge in [-0.25, -0.2) is 0 Å². The third-order valence-electron chi connectivity index (χ3n) is 1.87. The summed E-state index contributed by atoms with van der Waals surface area (Å²) in [6, 6.07) is 8.18. The molecule has 0 saturated heterocycles. The molecule has 0 N–H and O–H groups in total. The Morgan fingerprint density at radius 2 is 1.77 bits per heavy atom. The topological polar surface area (TPSA) is 9.23 Å². The van der Waals surface area contributed by atoms with Crippen LogP contribution in [-0.2, 0) is 5.41 Å². The molecule has 13 heavy (non-hydrogen) atoms. The van der Waals surface area contributed by atoms with E-state index in [1.807, 2.05) is 24.5 Å². The lowest BCUT2D eigenvalue weighted by Gasteiger charge is -2.21. The summed E-state index contributed by atoms with van der Waals surface area (Å²) in [6.45, 7) is 6.57. The molecule has 2 heteroatoms. The van der Waals surface area contributed by atoms with E-state index in [4.69, 9.17) is 4.18 Å². The molecule has 0 saturated carbocycles. The monoisotopic (exact) mass is 196 g/mol. The van der Waals surface area contributed by atoms with Crippen LogP contribution in [0, 0.1) is 0 Å². The maximum absolute atomic E-state index is 5.48. The van der Waals surface area contributed by atoms with Gasteiger partial charge in [0.1, 0.15) is 5.75 Å². The SMILES string of the molecule is CSOc1ccccc1C(C)(C)C. The van der Waals surface area contributed by atoms with E-state index in [1.165, 1.54) is 17.6 Å². The molecule has 0 bridgehead atoms. The van der Waals surface area contributed by atoms with E-state index in [9.17, 15) is 0 Å². The van der Waals surface area contributed by atoms with E-state index in [-0.39, 0.29) is 5.41 Å². The van der Waals surface area contributed by atoms with Crippen molar-refractivity contribution in [1.29, 1.82) is 0 Å². The molecule has 0 radical (unpaired) electrons. The first-order valence-electron chi connectivity index (χ1n) is 4.36. The predicted molar refractivity (Wildman–Crippen MR) is 59.3 cm³/mol. The van der Waals surface area contributed by atoms with Crippen LogP contribution in [0.5, 0.6) is 5.75 Å². The molecule has 1 rings (SSSR count). The largest absolute Gasteiger partial charge is 0.426 e. The molecule has 0 heterocycles. The average molecular weight is 196 g/mol. The van der Waals surface area contributed by atoms with Crippen molar-refractivity contribution in [2.45, 2.75) is 26.2 Å². The summed E-state index contributed by atoms with van der Waals surface area (Å²) in [6.07, 6.45) is 1.93. The van der Waals surface area contributed by atoms with Crippen LogP contribution in [0.2, 0.25) is 0 Å². The van der Waals surface area contributed by atoms with Gasteiger partial charge in [0.15, 0.2) is 0 Å². The highest BCUT2D eigenvalue weighted by Crippen LogP contribution is 2.32. The summed E-state index contributed by atoms with van der Waals surface area (Å²) in [5, 5.41) is 0. The van der Waals surface area contributed by atoms with Crippen LogP contribution in [0.15, 0.2) is 24.3 Å². The lowest BCUT2D eigenvalue weighted by Crippen LogP contribution is -2.11. The van der Waals surface area contributed by atoms with Gasteiger partial charge in [0.2, 0.25) is 0 Å². The molecule has 72 valence electrons. The average Bonchev–Trinajstić information content (AvgIpc) is 2.04. The van der Waals surface area contributed by atoms with Crippen LogP contribution >= 0.6 is 12.0 Å². The van der Waals surface area contributed by atoms with Crippen LogP contribution in [0.3, 0.4) is 0 Å². The van der Waals surface area contributed by atoms with Crippen LogP contribution in [-0.4, -0.2) is 6.26 Å². The Hall–Kier alpha value is -0.630. The van der Waals surface area contributed by atoms with Gasteiger partial charge in [-0.15, -0.1) is 0 Å². The zero-order chi connectivity index (χ0) is 9.90. The van der Waals surface area contributed by atoms with Crippen molar-refractivity contribution in [2.75, 3.05) is 6.26 Å². The second-order valence-corrected chi connectivity index (χ2v) is 4.50. The van der Waals surface area contributed by atoms with Crippen molar-refractivity contribution >= 4 is 12.0 Å². The Bertz CT molecular complexity index is 276. The molecule has 0 aliphatic rings. The number of benzene rings is 1. The quantitative estimate of drug-likeness (QED) is 0.668. The summed E-state index contributed by atoms with van der Waals surface area (Å²) in [7, 11) is 0. The summed E-state index contributed by atoms with van der Waals surface area (Å²) in [4.78, 5) is 0. The van der Waals surface area contributed by atoms with E-state index < -0.39 is 0 Å². The molecule has 0 unspecified atom stereocenters. The van der Waals surface area contributed by atoms with Crippen molar-refractivity contribution in [3.8, 4) is 5.75 Å². The first-order valence-corrected chi connectivity index (χ1v) is 5.51. The van der Waals surface area contributed by atoms with Gasteiger partial charge in [-0.2, -0.15) is 0 Å². The summed E-state index contributed by atoms with van der Waals surface area (Å²) in [5.74, 6) is 0.975. The van der Waals surface area contributed by atoms with Gasteiger partial charge in [0.25, 0.3) is 0 Å². The van der Waals surface area contributed by atoms with Crippen molar-refractivity contribution in [1.82, 2.24) is 0 Å². The minimum atomic E-state index is 0.145. The molecule has 0 spiro atoms. The fraction of sp³-hybridized carbons (Fsp3) is 0.455. The minimum absolute atomic E-state index is 0.145. The molecule has 1 aromatic carbocycles. The molecule has 1 aromatic rings. The first-order chi connectivity index (χ1) is 6.05. The molecule has 1 nitrogen and oxygen atoms in total. The predicted octanol–water partition coefficient (Wildman–Crippen LogP) is 3.64. The molecule has 0 fully saturated rings. The lowest BCUT2D eigenvalue weighted by atomic mass is 9.86. The first kappa shape index (κ1) is 10.5. The molecule has 0 amide bonds. The molecule has 0 atom stereocenters. The van der Waals surface area contributed by atoms with Gasteiger partial charge in [-0.3, -0.25) is 0 Å². The molecule has 0 aromatic heterocycles. The highest BCUT2D eigenvalue weighted by atomic mass is 32.2. The number of hydrogen-bond acceptors (Lipinski definition) is 2. The van der Waals surface area contributed by atoms with Crippen LogP contribution in [0.4, 0.5) is 0 Å².